The van der Waals surface area contributed by atoms with E-state index in [0.29, 0.717) is 52.6 Å². The number of rotatable bonds is 7. The molecule has 2 aliphatic rings. The van der Waals surface area contributed by atoms with Crippen LogP contribution in [0.4, 0.5) is 5.82 Å². The van der Waals surface area contributed by atoms with Crippen molar-refractivity contribution in [2.45, 2.75) is 38.5 Å². The average molecular weight is 540 g/mol. The van der Waals surface area contributed by atoms with E-state index in [-0.39, 0.29) is 17.6 Å². The lowest BCUT2D eigenvalue weighted by atomic mass is 9.71. The molecule has 0 spiro atoms. The van der Waals surface area contributed by atoms with Gasteiger partial charge in [0.25, 0.3) is 5.91 Å². The van der Waals surface area contributed by atoms with Gasteiger partial charge in [0.1, 0.15) is 23.1 Å². The van der Waals surface area contributed by atoms with Gasteiger partial charge in [-0.2, -0.15) is 0 Å². The number of carbonyl (C=O) groups is 2. The first-order valence-electron chi connectivity index (χ1n) is 13.2. The molecule has 2 atom stereocenters. The second-order valence-corrected chi connectivity index (χ2v) is 10.1. The molecule has 0 bridgehead atoms. The lowest BCUT2D eigenvalue weighted by Gasteiger charge is -2.37. The number of ketones is 1. The standard InChI is InChI=1S/C32H33N3O5/c1-18-12-13-33-28(14-18)35-32(37)29-19(2)34-25-15-21(20-6-8-22(38-3)9-7-20)16-26(36)31(25)30(29)24-17-23(39-4)10-11-27(24)40-5/h6-14,17,21,30,34H,15-16H2,1-5H3,(H,33,35,37). The Bertz CT molecular complexity index is 1520. The van der Waals surface area contributed by atoms with Gasteiger partial charge in [-0.1, -0.05) is 12.1 Å². The van der Waals surface area contributed by atoms with Crippen molar-refractivity contribution in [2.24, 2.45) is 0 Å². The summed E-state index contributed by atoms with van der Waals surface area (Å²) in [6.45, 7) is 3.80. The first-order chi connectivity index (χ1) is 19.3. The second-order valence-electron chi connectivity index (χ2n) is 10.1. The maximum absolute atomic E-state index is 14.0. The number of aromatic nitrogens is 1. The quantitative estimate of drug-likeness (QED) is 0.414. The Labute approximate surface area is 234 Å². The number of amides is 1. The van der Waals surface area contributed by atoms with Gasteiger partial charge in [0.05, 0.1) is 27.2 Å². The number of pyridine rings is 1. The van der Waals surface area contributed by atoms with Crippen LogP contribution in [0.15, 0.2) is 83.3 Å². The molecule has 8 heteroatoms. The van der Waals surface area contributed by atoms with Crippen LogP contribution in [0.1, 0.15) is 48.3 Å². The molecule has 2 unspecified atom stereocenters. The zero-order chi connectivity index (χ0) is 28.4. The van der Waals surface area contributed by atoms with Gasteiger partial charge >= 0.3 is 0 Å². The topological polar surface area (TPSA) is 98.8 Å². The number of benzene rings is 2. The van der Waals surface area contributed by atoms with Crippen molar-refractivity contribution in [3.63, 3.8) is 0 Å². The van der Waals surface area contributed by atoms with E-state index in [0.717, 1.165) is 22.6 Å². The minimum atomic E-state index is -0.657. The second kappa shape index (κ2) is 11.3. The number of hydrogen-bond donors (Lipinski definition) is 2. The number of hydrogen-bond acceptors (Lipinski definition) is 7. The fraction of sp³-hybridized carbons (Fsp3) is 0.281. The predicted octanol–water partition coefficient (Wildman–Crippen LogP) is 5.42. The average Bonchev–Trinajstić information content (AvgIpc) is 2.95. The third-order valence-corrected chi connectivity index (χ3v) is 7.56. The SMILES string of the molecule is COc1ccc(C2CC(=O)C3=C(C2)NC(C)=C(C(=O)Nc2cc(C)ccn2)C3c2cc(OC)ccc2OC)cc1. The van der Waals surface area contributed by atoms with Crippen LogP contribution in [0, 0.1) is 6.92 Å². The molecule has 1 amide bonds. The molecule has 2 heterocycles. The summed E-state index contributed by atoms with van der Waals surface area (Å²) in [6.07, 6.45) is 2.60. The summed E-state index contributed by atoms with van der Waals surface area (Å²) < 4.78 is 16.6. The maximum Gasteiger partial charge on any atom is 0.255 e. The molecule has 0 saturated heterocycles. The number of dihydropyridines is 1. The molecular formula is C32H33N3O5. The van der Waals surface area contributed by atoms with E-state index in [9.17, 15) is 9.59 Å². The van der Waals surface area contributed by atoms with Crippen molar-refractivity contribution in [3.8, 4) is 17.2 Å². The number of aryl methyl sites for hydroxylation is 1. The zero-order valence-electron chi connectivity index (χ0n) is 23.3. The Kier molecular flexibility index (Phi) is 7.60. The van der Waals surface area contributed by atoms with Crippen molar-refractivity contribution < 1.29 is 23.8 Å². The Morgan fingerprint density at radius 1 is 0.925 bits per heavy atom. The molecule has 8 nitrogen and oxygen atoms in total. The van der Waals surface area contributed by atoms with Crippen LogP contribution in [-0.4, -0.2) is 38.0 Å². The zero-order valence-corrected chi connectivity index (χ0v) is 23.3. The van der Waals surface area contributed by atoms with Gasteiger partial charge in [0, 0.05) is 40.7 Å². The summed E-state index contributed by atoms with van der Waals surface area (Å²) in [5, 5.41) is 6.36. The van der Waals surface area contributed by atoms with Crippen molar-refractivity contribution >= 4 is 17.5 Å². The molecule has 40 heavy (non-hydrogen) atoms. The molecule has 0 radical (unpaired) electrons. The van der Waals surface area contributed by atoms with Gasteiger partial charge in [-0.05, 0) is 79.8 Å². The lowest BCUT2D eigenvalue weighted by Crippen LogP contribution is -2.37. The van der Waals surface area contributed by atoms with Crippen molar-refractivity contribution in [3.05, 3.63) is 100 Å². The van der Waals surface area contributed by atoms with E-state index in [4.69, 9.17) is 14.2 Å². The summed E-state index contributed by atoms with van der Waals surface area (Å²) >= 11 is 0. The third-order valence-electron chi connectivity index (χ3n) is 7.56. The molecule has 0 saturated carbocycles. The minimum Gasteiger partial charge on any atom is -0.497 e. The number of methoxy groups -OCH3 is 3. The molecule has 1 aromatic heterocycles. The Balaban J connectivity index is 1.60. The molecule has 2 N–H and O–H groups in total. The monoisotopic (exact) mass is 539 g/mol. The van der Waals surface area contributed by atoms with Crippen LogP contribution < -0.4 is 24.8 Å². The fourth-order valence-electron chi connectivity index (χ4n) is 5.62. The summed E-state index contributed by atoms with van der Waals surface area (Å²) in [4.78, 5) is 32.2. The normalized spacial score (nSPS) is 18.6. The molecule has 1 aliphatic carbocycles. The van der Waals surface area contributed by atoms with E-state index in [2.05, 4.69) is 15.6 Å². The highest BCUT2D eigenvalue weighted by atomic mass is 16.5. The molecule has 1 aliphatic heterocycles. The van der Waals surface area contributed by atoms with Crippen LogP contribution in [0.2, 0.25) is 0 Å². The molecule has 2 aromatic carbocycles. The van der Waals surface area contributed by atoms with Crippen molar-refractivity contribution in [1.29, 1.82) is 0 Å². The smallest absolute Gasteiger partial charge is 0.255 e. The number of carbonyl (C=O) groups excluding carboxylic acids is 2. The largest absolute Gasteiger partial charge is 0.497 e. The van der Waals surface area contributed by atoms with Gasteiger partial charge in [-0.25, -0.2) is 4.98 Å². The van der Waals surface area contributed by atoms with Crippen molar-refractivity contribution in [2.75, 3.05) is 26.6 Å². The molecule has 0 fully saturated rings. The van der Waals surface area contributed by atoms with Gasteiger partial charge in [-0.15, -0.1) is 0 Å². The van der Waals surface area contributed by atoms with E-state index in [1.807, 2.05) is 50.2 Å². The summed E-state index contributed by atoms with van der Waals surface area (Å²) in [5.74, 6) is 1.36. The number of nitrogens with one attached hydrogen (secondary N) is 2. The van der Waals surface area contributed by atoms with Crippen LogP contribution in [-0.2, 0) is 9.59 Å². The number of nitrogens with zero attached hydrogens (tertiary/aromatic N) is 1. The number of Topliss-reactive ketones (excluding diaryl/α,β-unsaturated/α-hetero) is 1. The van der Waals surface area contributed by atoms with Gasteiger partial charge < -0.3 is 24.8 Å². The Morgan fingerprint density at radius 2 is 1.65 bits per heavy atom. The molecule has 5 rings (SSSR count). The number of anilines is 1. The van der Waals surface area contributed by atoms with Gasteiger partial charge in [0.2, 0.25) is 0 Å². The molecule has 206 valence electrons. The van der Waals surface area contributed by atoms with Crippen molar-refractivity contribution in [1.82, 2.24) is 10.3 Å². The summed E-state index contributed by atoms with van der Waals surface area (Å²) in [5.41, 5.74) is 5.22. The highest BCUT2D eigenvalue weighted by molar-refractivity contribution is 6.09. The van der Waals surface area contributed by atoms with Crippen LogP contribution in [0.25, 0.3) is 0 Å². The van der Waals surface area contributed by atoms with E-state index >= 15 is 0 Å². The Morgan fingerprint density at radius 3 is 2.33 bits per heavy atom. The van der Waals surface area contributed by atoms with Crippen LogP contribution in [0.5, 0.6) is 17.2 Å². The summed E-state index contributed by atoms with van der Waals surface area (Å²) in [6, 6.07) is 16.9. The van der Waals surface area contributed by atoms with E-state index in [1.165, 1.54) is 0 Å². The minimum absolute atomic E-state index is 0.00261. The van der Waals surface area contributed by atoms with E-state index < -0.39 is 5.92 Å². The first kappa shape index (κ1) is 27.0. The van der Waals surface area contributed by atoms with Gasteiger partial charge in [0.15, 0.2) is 5.78 Å². The highest BCUT2D eigenvalue weighted by Crippen LogP contribution is 2.48. The third kappa shape index (κ3) is 5.17. The maximum atomic E-state index is 14.0. The molecule has 3 aromatic rings. The Hall–Kier alpha value is -4.59. The first-order valence-corrected chi connectivity index (χ1v) is 13.2. The fourth-order valence-corrected chi connectivity index (χ4v) is 5.62. The highest BCUT2D eigenvalue weighted by Gasteiger charge is 2.42. The van der Waals surface area contributed by atoms with E-state index in [1.54, 1.807) is 45.7 Å². The van der Waals surface area contributed by atoms with Crippen LogP contribution >= 0.6 is 0 Å². The lowest BCUT2D eigenvalue weighted by molar-refractivity contribution is -0.116. The molecular weight excluding hydrogens is 506 g/mol. The van der Waals surface area contributed by atoms with Crippen LogP contribution in [0.3, 0.4) is 0 Å². The van der Waals surface area contributed by atoms with Gasteiger partial charge in [-0.3, -0.25) is 9.59 Å². The summed E-state index contributed by atoms with van der Waals surface area (Å²) in [7, 11) is 4.80. The number of allylic oxidation sites excluding steroid dienone is 3. The predicted molar refractivity (Wildman–Crippen MR) is 153 cm³/mol. The number of ether oxygens (including phenoxy) is 3.